The van der Waals surface area contributed by atoms with Crippen molar-refractivity contribution in [3.05, 3.63) is 64.2 Å². The number of carbonyl (C=O) groups is 2. The number of morpholine rings is 1. The minimum atomic E-state index is -1.19. The van der Waals surface area contributed by atoms with Gasteiger partial charge in [-0.3, -0.25) is 4.79 Å². The fraction of sp³-hybridized carbons (Fsp3) is 0.300. The number of amides is 1. The third kappa shape index (κ3) is 3.91. The molecule has 1 fully saturated rings. The lowest BCUT2D eigenvalue weighted by Gasteiger charge is -2.40. The lowest BCUT2D eigenvalue weighted by atomic mass is 9.95. The summed E-state index contributed by atoms with van der Waals surface area (Å²) < 4.78 is 10.5. The van der Waals surface area contributed by atoms with Crippen molar-refractivity contribution in [3.63, 3.8) is 0 Å². The molecule has 2 aromatic carbocycles. The highest BCUT2D eigenvalue weighted by Gasteiger charge is 2.42. The Morgan fingerprint density at radius 2 is 2.00 bits per heavy atom. The van der Waals surface area contributed by atoms with Crippen molar-refractivity contribution in [1.29, 1.82) is 0 Å². The highest BCUT2D eigenvalue weighted by Crippen LogP contribution is 2.37. The lowest BCUT2D eigenvalue weighted by molar-refractivity contribution is -0.174. The number of carboxylic acids is 1. The zero-order valence-corrected chi connectivity index (χ0v) is 15.8. The molecule has 7 heteroatoms. The summed E-state index contributed by atoms with van der Waals surface area (Å²) in [5, 5.41) is 10.1. The Morgan fingerprint density at radius 3 is 2.63 bits per heavy atom. The van der Waals surface area contributed by atoms with Crippen LogP contribution in [0, 0.1) is 6.92 Å². The number of ether oxygens (including phenoxy) is 2. The Balaban J connectivity index is 2.01. The van der Waals surface area contributed by atoms with E-state index in [9.17, 15) is 14.7 Å². The second-order valence-electron chi connectivity index (χ2n) is 6.36. The standard InChI is InChI=1S/C20H20ClNO5/c1-12-4-3-5-15(17(12)21)18-19(20(24)25)27-11-16(23)22(18)10-13-6-8-14(26-2)9-7-13/h3-9,18-19H,10-11H2,1-2H3,(H,24,25). The minimum Gasteiger partial charge on any atom is -0.497 e. The van der Waals surface area contributed by atoms with Gasteiger partial charge in [0.1, 0.15) is 12.4 Å². The molecule has 1 saturated heterocycles. The van der Waals surface area contributed by atoms with Gasteiger partial charge in [0.2, 0.25) is 5.91 Å². The smallest absolute Gasteiger partial charge is 0.335 e. The third-order valence-electron chi connectivity index (χ3n) is 4.62. The van der Waals surface area contributed by atoms with Crippen molar-refractivity contribution < 1.29 is 24.2 Å². The van der Waals surface area contributed by atoms with E-state index in [0.717, 1.165) is 11.1 Å². The number of benzene rings is 2. The first-order valence-corrected chi connectivity index (χ1v) is 8.82. The fourth-order valence-electron chi connectivity index (χ4n) is 3.20. The Kier molecular flexibility index (Phi) is 5.68. The van der Waals surface area contributed by atoms with Crippen LogP contribution in [0.15, 0.2) is 42.5 Å². The van der Waals surface area contributed by atoms with Crippen LogP contribution in [0.1, 0.15) is 22.7 Å². The van der Waals surface area contributed by atoms with Gasteiger partial charge in [-0.05, 0) is 35.7 Å². The Morgan fingerprint density at radius 1 is 1.30 bits per heavy atom. The molecule has 0 aliphatic carbocycles. The van der Waals surface area contributed by atoms with E-state index in [-0.39, 0.29) is 19.1 Å². The van der Waals surface area contributed by atoms with Crippen molar-refractivity contribution >= 4 is 23.5 Å². The van der Waals surface area contributed by atoms with Crippen LogP contribution in [0.25, 0.3) is 0 Å². The molecule has 2 unspecified atom stereocenters. The predicted octanol–water partition coefficient (Wildman–Crippen LogP) is 3.21. The molecule has 1 aliphatic rings. The zero-order chi connectivity index (χ0) is 19.6. The first-order chi connectivity index (χ1) is 12.9. The summed E-state index contributed by atoms with van der Waals surface area (Å²) in [6.07, 6.45) is -1.19. The van der Waals surface area contributed by atoms with Crippen molar-refractivity contribution in [2.24, 2.45) is 0 Å². The summed E-state index contributed by atoms with van der Waals surface area (Å²) in [5.41, 5.74) is 2.22. The van der Waals surface area contributed by atoms with Gasteiger partial charge in [0.05, 0.1) is 13.2 Å². The van der Waals surface area contributed by atoms with Gasteiger partial charge in [-0.15, -0.1) is 0 Å². The van der Waals surface area contributed by atoms with Crippen molar-refractivity contribution in [1.82, 2.24) is 4.90 Å². The van der Waals surface area contributed by atoms with Gasteiger partial charge in [-0.2, -0.15) is 0 Å². The molecule has 0 aromatic heterocycles. The molecule has 0 bridgehead atoms. The topological polar surface area (TPSA) is 76.1 Å². The number of halogens is 1. The normalized spacial score (nSPS) is 19.8. The molecule has 6 nitrogen and oxygen atoms in total. The first kappa shape index (κ1) is 19.2. The summed E-state index contributed by atoms with van der Waals surface area (Å²) in [7, 11) is 1.58. The van der Waals surface area contributed by atoms with E-state index in [2.05, 4.69) is 0 Å². The molecule has 1 aliphatic heterocycles. The monoisotopic (exact) mass is 389 g/mol. The zero-order valence-electron chi connectivity index (χ0n) is 15.0. The molecule has 1 N–H and O–H groups in total. The SMILES string of the molecule is COc1ccc(CN2C(=O)COC(C(=O)O)C2c2cccc(C)c2Cl)cc1. The van der Waals surface area contributed by atoms with Gasteiger partial charge < -0.3 is 19.5 Å². The van der Waals surface area contributed by atoms with Gasteiger partial charge in [0.15, 0.2) is 6.10 Å². The number of hydrogen-bond donors (Lipinski definition) is 1. The average molecular weight is 390 g/mol. The van der Waals surface area contributed by atoms with E-state index in [1.165, 1.54) is 4.90 Å². The maximum Gasteiger partial charge on any atom is 0.335 e. The largest absolute Gasteiger partial charge is 0.497 e. The van der Waals surface area contributed by atoms with E-state index in [4.69, 9.17) is 21.1 Å². The number of hydrogen-bond acceptors (Lipinski definition) is 4. The Labute approximate surface area is 162 Å². The maximum absolute atomic E-state index is 12.6. The molecular weight excluding hydrogens is 370 g/mol. The van der Waals surface area contributed by atoms with Gasteiger partial charge in [-0.1, -0.05) is 41.9 Å². The highest BCUT2D eigenvalue weighted by atomic mass is 35.5. The van der Waals surface area contributed by atoms with Crippen LogP contribution in [0.2, 0.25) is 5.02 Å². The number of carbonyl (C=O) groups excluding carboxylic acids is 1. The Hall–Kier alpha value is -2.57. The number of aliphatic carboxylic acids is 1. The molecule has 0 spiro atoms. The lowest BCUT2D eigenvalue weighted by Crippen LogP contribution is -2.51. The molecule has 1 amide bonds. The van der Waals surface area contributed by atoms with Crippen molar-refractivity contribution in [3.8, 4) is 5.75 Å². The van der Waals surface area contributed by atoms with Crippen molar-refractivity contribution in [2.75, 3.05) is 13.7 Å². The molecule has 0 saturated carbocycles. The number of nitrogens with zero attached hydrogens (tertiary/aromatic N) is 1. The number of methoxy groups -OCH3 is 1. The molecule has 2 atom stereocenters. The predicted molar refractivity (Wildman–Crippen MR) is 99.8 cm³/mol. The first-order valence-electron chi connectivity index (χ1n) is 8.44. The van der Waals surface area contributed by atoms with Crippen LogP contribution < -0.4 is 4.74 Å². The molecular formula is C20H20ClNO5. The van der Waals surface area contributed by atoms with Gasteiger partial charge in [-0.25, -0.2) is 4.79 Å². The summed E-state index contributed by atoms with van der Waals surface area (Å²) in [6.45, 7) is 1.79. The third-order valence-corrected chi connectivity index (χ3v) is 5.14. The van der Waals surface area contributed by atoms with E-state index < -0.39 is 18.1 Å². The quantitative estimate of drug-likeness (QED) is 0.849. The van der Waals surface area contributed by atoms with Gasteiger partial charge in [0.25, 0.3) is 0 Å². The van der Waals surface area contributed by atoms with Crippen LogP contribution in [0.5, 0.6) is 5.75 Å². The number of carboxylic acid groups (broad SMARTS) is 1. The van der Waals surface area contributed by atoms with E-state index >= 15 is 0 Å². The second kappa shape index (κ2) is 7.98. The maximum atomic E-state index is 12.6. The summed E-state index contributed by atoms with van der Waals surface area (Å²) in [4.78, 5) is 25.9. The summed E-state index contributed by atoms with van der Waals surface area (Å²) in [5.74, 6) is -0.718. The molecule has 1 heterocycles. The highest BCUT2D eigenvalue weighted by molar-refractivity contribution is 6.32. The molecule has 3 rings (SSSR count). The summed E-state index contributed by atoms with van der Waals surface area (Å²) in [6, 6.07) is 11.8. The molecule has 142 valence electrons. The van der Waals surface area contributed by atoms with Crippen LogP contribution >= 0.6 is 11.6 Å². The second-order valence-corrected chi connectivity index (χ2v) is 6.74. The van der Waals surface area contributed by atoms with Gasteiger partial charge >= 0.3 is 5.97 Å². The van der Waals surface area contributed by atoms with Crippen LogP contribution in [0.3, 0.4) is 0 Å². The summed E-state index contributed by atoms with van der Waals surface area (Å²) >= 11 is 6.45. The van der Waals surface area contributed by atoms with Gasteiger partial charge in [0, 0.05) is 11.6 Å². The number of aryl methyl sites for hydroxylation is 1. The molecule has 2 aromatic rings. The van der Waals surface area contributed by atoms with Crippen LogP contribution in [-0.2, 0) is 20.9 Å². The van der Waals surface area contributed by atoms with Crippen LogP contribution in [0.4, 0.5) is 0 Å². The van der Waals surface area contributed by atoms with E-state index in [1.54, 1.807) is 31.4 Å². The number of rotatable bonds is 5. The minimum absolute atomic E-state index is 0.241. The fourth-order valence-corrected chi connectivity index (χ4v) is 3.44. The average Bonchev–Trinajstić information content (AvgIpc) is 2.66. The van der Waals surface area contributed by atoms with E-state index in [1.807, 2.05) is 25.1 Å². The Bertz CT molecular complexity index is 852. The van der Waals surface area contributed by atoms with E-state index in [0.29, 0.717) is 16.3 Å². The molecule has 0 radical (unpaired) electrons. The molecule has 27 heavy (non-hydrogen) atoms. The van der Waals surface area contributed by atoms with Crippen LogP contribution in [-0.4, -0.2) is 41.7 Å². The van der Waals surface area contributed by atoms with Crippen molar-refractivity contribution in [2.45, 2.75) is 25.6 Å².